The molecule has 0 bridgehead atoms. The Hall–Kier alpha value is -1.68. The van der Waals surface area contributed by atoms with Crippen molar-refractivity contribution in [3.8, 4) is 0 Å². The Balaban J connectivity index is 5.75. The van der Waals surface area contributed by atoms with Crippen molar-refractivity contribution in [3.63, 3.8) is 0 Å². The molecule has 0 aromatic heterocycles. The van der Waals surface area contributed by atoms with Crippen molar-refractivity contribution in [2.24, 2.45) is 34.0 Å². The van der Waals surface area contributed by atoms with Gasteiger partial charge in [0.25, 0.3) is 10.1 Å². The summed E-state index contributed by atoms with van der Waals surface area (Å²) in [7, 11) is -5.30. The third-order valence-corrected chi connectivity index (χ3v) is 8.64. The van der Waals surface area contributed by atoms with E-state index >= 15 is 0 Å². The number of carbonyl (C=O) groups is 3. The minimum Gasteiger partial charge on any atom is -0.466 e. The Kier molecular flexibility index (Phi) is 16.5. The summed E-state index contributed by atoms with van der Waals surface area (Å²) < 4.78 is 48.9. The minimum atomic E-state index is -5.30. The van der Waals surface area contributed by atoms with E-state index in [4.69, 9.17) is 14.2 Å². The van der Waals surface area contributed by atoms with Crippen LogP contribution >= 0.6 is 0 Å². The zero-order valence-electron chi connectivity index (χ0n) is 29.1. The van der Waals surface area contributed by atoms with E-state index in [2.05, 4.69) is 62.3 Å². The van der Waals surface area contributed by atoms with Crippen LogP contribution in [0.4, 0.5) is 0 Å². The van der Waals surface area contributed by atoms with Crippen LogP contribution in [0.15, 0.2) is 0 Å². The van der Waals surface area contributed by atoms with Gasteiger partial charge in [-0.2, -0.15) is 8.42 Å². The summed E-state index contributed by atoms with van der Waals surface area (Å²) in [5.74, 6) is -2.79. The fourth-order valence-corrected chi connectivity index (χ4v) is 6.61. The Morgan fingerprint density at radius 3 is 1.12 bits per heavy atom. The fraction of sp³-hybridized carbons (Fsp3) is 0.909. The zero-order chi connectivity index (χ0) is 33.9. The molecule has 0 rings (SSSR count). The lowest BCUT2D eigenvalue weighted by atomic mass is 9.84. The van der Waals surface area contributed by atoms with Crippen LogP contribution in [0.5, 0.6) is 0 Å². The highest BCUT2D eigenvalue weighted by Gasteiger charge is 2.56. The maximum Gasteiger partial charge on any atom is 0.331 e. The van der Waals surface area contributed by atoms with Gasteiger partial charge in [-0.1, -0.05) is 83.1 Å². The lowest BCUT2D eigenvalue weighted by Crippen LogP contribution is -2.51. The van der Waals surface area contributed by atoms with Crippen LogP contribution in [0, 0.1) is 34.0 Å². The molecule has 0 aromatic rings. The van der Waals surface area contributed by atoms with Crippen LogP contribution in [0.25, 0.3) is 0 Å². The second-order valence-corrected chi connectivity index (χ2v) is 18.1. The zero-order valence-corrected chi connectivity index (χ0v) is 29.9. The van der Waals surface area contributed by atoms with Gasteiger partial charge in [0.1, 0.15) is 0 Å². The van der Waals surface area contributed by atoms with Crippen LogP contribution in [0.3, 0.4) is 0 Å². The fourth-order valence-electron chi connectivity index (χ4n) is 5.74. The molecule has 0 saturated carbocycles. The Morgan fingerprint density at radius 2 is 0.860 bits per heavy atom. The smallest absolute Gasteiger partial charge is 0.331 e. The Bertz CT molecular complexity index is 939. The summed E-state index contributed by atoms with van der Waals surface area (Å²) in [5, 5.41) is 0. The maximum atomic E-state index is 13.4. The number of hydrogen-bond donors (Lipinski definition) is 1. The lowest BCUT2D eigenvalue weighted by molar-refractivity contribution is -0.158. The Labute approximate surface area is 262 Å². The third kappa shape index (κ3) is 18.7. The SMILES string of the molecule is CC(CCOC(=O)CC(CC(=O)OCCC(C)CC(C)(C)C)(C(=O)OCCC(C)CC(C)(C)C)S(=O)(=O)O)CC(C)(C)C. The summed E-state index contributed by atoms with van der Waals surface area (Å²) >= 11 is 0. The molecule has 0 aliphatic heterocycles. The van der Waals surface area contributed by atoms with Crippen molar-refractivity contribution < 1.29 is 41.6 Å². The van der Waals surface area contributed by atoms with Crippen molar-refractivity contribution in [2.45, 2.75) is 139 Å². The minimum absolute atomic E-state index is 0.00706. The predicted molar refractivity (Wildman–Crippen MR) is 170 cm³/mol. The molecule has 9 nitrogen and oxygen atoms in total. The van der Waals surface area contributed by atoms with Gasteiger partial charge in [-0.05, 0) is 72.5 Å². The van der Waals surface area contributed by atoms with E-state index in [0.717, 1.165) is 19.3 Å². The second-order valence-electron chi connectivity index (χ2n) is 16.4. The van der Waals surface area contributed by atoms with E-state index in [1.165, 1.54) is 0 Å². The summed E-state index contributed by atoms with van der Waals surface area (Å²) in [6, 6.07) is 0. The van der Waals surface area contributed by atoms with Crippen LogP contribution in [-0.4, -0.2) is 55.4 Å². The van der Waals surface area contributed by atoms with Gasteiger partial charge in [-0.3, -0.25) is 18.9 Å². The average molecular weight is 635 g/mol. The number of hydrogen-bond acceptors (Lipinski definition) is 8. The molecule has 0 amide bonds. The van der Waals surface area contributed by atoms with E-state index in [1.54, 1.807) is 0 Å². The number of esters is 3. The molecular formula is C33H62O9S. The molecule has 0 aliphatic carbocycles. The highest BCUT2D eigenvalue weighted by Crippen LogP contribution is 2.32. The highest BCUT2D eigenvalue weighted by molar-refractivity contribution is 7.88. The largest absolute Gasteiger partial charge is 0.466 e. The molecule has 0 heterocycles. The van der Waals surface area contributed by atoms with Gasteiger partial charge in [-0.25, -0.2) is 0 Å². The first kappa shape index (κ1) is 41.3. The standard InChI is InChI=1S/C33H62O9S/c1-24(19-30(4,5)6)13-16-40-27(34)22-33(43(37,38)39,29(36)42-18-15-26(3)21-32(10,11)12)23-28(35)41-17-14-25(2)20-31(7,8)9/h24-26H,13-23H2,1-12H3,(H,37,38,39). The first-order valence-electron chi connectivity index (χ1n) is 15.7. The van der Waals surface area contributed by atoms with Crippen molar-refractivity contribution in [1.29, 1.82) is 0 Å². The van der Waals surface area contributed by atoms with Gasteiger partial charge in [0.05, 0.1) is 32.7 Å². The average Bonchev–Trinajstić information content (AvgIpc) is 2.73. The summed E-state index contributed by atoms with van der Waals surface area (Å²) in [4.78, 5) is 39.1. The molecule has 254 valence electrons. The summed E-state index contributed by atoms with van der Waals surface area (Å²) in [5.41, 5.74) is 0.217. The van der Waals surface area contributed by atoms with E-state index in [-0.39, 0.29) is 53.8 Å². The van der Waals surface area contributed by atoms with Crippen LogP contribution in [0.1, 0.15) is 134 Å². The lowest BCUT2D eigenvalue weighted by Gasteiger charge is -2.28. The maximum absolute atomic E-state index is 13.4. The van der Waals surface area contributed by atoms with Crippen LogP contribution < -0.4 is 0 Å². The van der Waals surface area contributed by atoms with Gasteiger partial charge in [0.2, 0.25) is 4.75 Å². The highest BCUT2D eigenvalue weighted by atomic mass is 32.2. The van der Waals surface area contributed by atoms with E-state index in [1.807, 2.05) is 20.8 Å². The monoisotopic (exact) mass is 634 g/mol. The van der Waals surface area contributed by atoms with Crippen molar-refractivity contribution >= 4 is 28.0 Å². The molecule has 0 fully saturated rings. The molecule has 0 radical (unpaired) electrons. The number of rotatable bonds is 18. The van der Waals surface area contributed by atoms with Gasteiger partial charge < -0.3 is 14.2 Å². The van der Waals surface area contributed by atoms with E-state index < -0.39 is 45.6 Å². The molecule has 43 heavy (non-hydrogen) atoms. The van der Waals surface area contributed by atoms with Crippen LogP contribution in [0.2, 0.25) is 0 Å². The van der Waals surface area contributed by atoms with Crippen molar-refractivity contribution in [2.75, 3.05) is 19.8 Å². The van der Waals surface area contributed by atoms with E-state index in [9.17, 15) is 27.4 Å². The molecule has 0 saturated heterocycles. The first-order valence-corrected chi connectivity index (χ1v) is 17.2. The van der Waals surface area contributed by atoms with Crippen molar-refractivity contribution in [1.82, 2.24) is 0 Å². The Morgan fingerprint density at radius 1 is 0.581 bits per heavy atom. The van der Waals surface area contributed by atoms with E-state index in [0.29, 0.717) is 19.3 Å². The molecule has 0 spiro atoms. The third-order valence-electron chi connectivity index (χ3n) is 7.20. The van der Waals surface area contributed by atoms with Gasteiger partial charge in [0, 0.05) is 0 Å². The first-order chi connectivity index (χ1) is 19.3. The molecule has 0 aromatic carbocycles. The predicted octanol–water partition coefficient (Wildman–Crippen LogP) is 7.41. The van der Waals surface area contributed by atoms with Gasteiger partial charge >= 0.3 is 17.9 Å². The van der Waals surface area contributed by atoms with Gasteiger partial charge in [0.15, 0.2) is 0 Å². The second kappa shape index (κ2) is 17.1. The summed E-state index contributed by atoms with van der Waals surface area (Å²) in [6.45, 7) is 24.8. The molecular weight excluding hydrogens is 572 g/mol. The number of ether oxygens (including phenoxy) is 3. The van der Waals surface area contributed by atoms with Crippen LogP contribution in [-0.2, 0) is 38.7 Å². The summed E-state index contributed by atoms with van der Waals surface area (Å²) in [6.07, 6.45) is 2.00. The van der Waals surface area contributed by atoms with Crippen molar-refractivity contribution in [3.05, 3.63) is 0 Å². The molecule has 3 atom stereocenters. The molecule has 1 N–H and O–H groups in total. The normalized spacial score (nSPS) is 16.5. The molecule has 10 heteroatoms. The topological polar surface area (TPSA) is 133 Å². The molecule has 0 aliphatic rings. The van der Waals surface area contributed by atoms with Gasteiger partial charge in [-0.15, -0.1) is 0 Å². The quantitative estimate of drug-likeness (QED) is 0.0929. The number of carbonyl (C=O) groups excluding carboxylic acids is 3. The molecule has 3 unspecified atom stereocenters.